The standard InChI is InChI=1S/C9H10N2O2S/c1-5-3-7(4-14-5)8-10-9(6(2)12)13-11-8/h3-4,6,12H,1-2H3. The molecule has 0 aliphatic rings. The Morgan fingerprint density at radius 1 is 1.57 bits per heavy atom. The van der Waals surface area contributed by atoms with Gasteiger partial charge in [0.1, 0.15) is 6.10 Å². The smallest absolute Gasteiger partial charge is 0.255 e. The molecule has 0 aliphatic carbocycles. The molecule has 1 N–H and O–H groups in total. The maximum absolute atomic E-state index is 9.20. The minimum Gasteiger partial charge on any atom is -0.384 e. The first-order valence-electron chi connectivity index (χ1n) is 4.24. The normalized spacial score (nSPS) is 13.1. The van der Waals surface area contributed by atoms with Crippen molar-refractivity contribution in [2.45, 2.75) is 20.0 Å². The first-order chi connectivity index (χ1) is 6.66. The molecule has 0 aromatic carbocycles. The summed E-state index contributed by atoms with van der Waals surface area (Å²) in [4.78, 5) is 5.27. The van der Waals surface area contributed by atoms with E-state index in [0.29, 0.717) is 5.82 Å². The minimum atomic E-state index is -0.712. The first kappa shape index (κ1) is 9.36. The molecule has 14 heavy (non-hydrogen) atoms. The molecule has 2 aromatic rings. The van der Waals surface area contributed by atoms with Crippen LogP contribution in [0.5, 0.6) is 0 Å². The summed E-state index contributed by atoms with van der Waals surface area (Å²) in [6.07, 6.45) is -0.712. The lowest BCUT2D eigenvalue weighted by Crippen LogP contribution is -1.89. The Kier molecular flexibility index (Phi) is 2.35. The fourth-order valence-electron chi connectivity index (χ4n) is 1.08. The fraction of sp³-hybridized carbons (Fsp3) is 0.333. The summed E-state index contributed by atoms with van der Waals surface area (Å²) in [5.74, 6) is 0.786. The summed E-state index contributed by atoms with van der Waals surface area (Å²) in [7, 11) is 0. The van der Waals surface area contributed by atoms with Crippen LogP contribution in [-0.4, -0.2) is 15.2 Å². The van der Waals surface area contributed by atoms with Crippen LogP contribution in [-0.2, 0) is 0 Å². The summed E-state index contributed by atoms with van der Waals surface area (Å²) in [6.45, 7) is 3.61. The number of aliphatic hydroxyl groups is 1. The Morgan fingerprint density at radius 3 is 2.86 bits per heavy atom. The summed E-state index contributed by atoms with van der Waals surface area (Å²) < 4.78 is 4.88. The molecule has 0 spiro atoms. The van der Waals surface area contributed by atoms with Crippen molar-refractivity contribution in [1.29, 1.82) is 0 Å². The summed E-state index contributed by atoms with van der Waals surface area (Å²) in [6, 6.07) is 1.99. The predicted molar refractivity (Wildman–Crippen MR) is 53.0 cm³/mol. The molecule has 0 radical (unpaired) electrons. The molecule has 0 fully saturated rings. The number of nitrogens with zero attached hydrogens (tertiary/aromatic N) is 2. The summed E-state index contributed by atoms with van der Waals surface area (Å²) in [5, 5.41) is 14.9. The van der Waals surface area contributed by atoms with E-state index in [1.54, 1.807) is 18.3 Å². The Hall–Kier alpha value is -1.20. The van der Waals surface area contributed by atoms with Crippen molar-refractivity contribution < 1.29 is 9.63 Å². The average molecular weight is 210 g/mol. The number of aromatic nitrogens is 2. The fourth-order valence-corrected chi connectivity index (χ4v) is 1.76. The van der Waals surface area contributed by atoms with Crippen LogP contribution in [0.15, 0.2) is 16.0 Å². The van der Waals surface area contributed by atoms with E-state index in [4.69, 9.17) is 4.52 Å². The van der Waals surface area contributed by atoms with Gasteiger partial charge in [-0.05, 0) is 19.9 Å². The van der Waals surface area contributed by atoms with Crippen LogP contribution < -0.4 is 0 Å². The molecule has 5 heteroatoms. The highest BCUT2D eigenvalue weighted by Gasteiger charge is 2.12. The second kappa shape index (κ2) is 3.51. The number of hydrogen-bond donors (Lipinski definition) is 1. The zero-order chi connectivity index (χ0) is 10.1. The molecule has 4 nitrogen and oxygen atoms in total. The molecular weight excluding hydrogens is 200 g/mol. The molecule has 2 heterocycles. The van der Waals surface area contributed by atoms with Gasteiger partial charge in [0.2, 0.25) is 5.82 Å². The van der Waals surface area contributed by atoms with E-state index in [2.05, 4.69) is 10.1 Å². The van der Waals surface area contributed by atoms with Crippen LogP contribution in [0.25, 0.3) is 11.4 Å². The molecule has 1 atom stereocenters. The SMILES string of the molecule is Cc1cc(-c2noc(C(C)O)n2)cs1. The van der Waals surface area contributed by atoms with Gasteiger partial charge in [0.15, 0.2) is 0 Å². The Labute approximate surface area is 85.2 Å². The lowest BCUT2D eigenvalue weighted by molar-refractivity contribution is 0.152. The monoisotopic (exact) mass is 210 g/mol. The van der Waals surface area contributed by atoms with Crippen molar-refractivity contribution in [1.82, 2.24) is 10.1 Å². The maximum Gasteiger partial charge on any atom is 0.255 e. The van der Waals surface area contributed by atoms with Crippen LogP contribution in [0.1, 0.15) is 23.8 Å². The van der Waals surface area contributed by atoms with E-state index in [1.165, 1.54) is 4.88 Å². The highest BCUT2D eigenvalue weighted by atomic mass is 32.1. The van der Waals surface area contributed by atoms with Crippen molar-refractivity contribution in [3.05, 3.63) is 22.2 Å². The van der Waals surface area contributed by atoms with E-state index in [-0.39, 0.29) is 5.89 Å². The summed E-state index contributed by atoms with van der Waals surface area (Å²) >= 11 is 1.63. The third-order valence-electron chi connectivity index (χ3n) is 1.79. The zero-order valence-electron chi connectivity index (χ0n) is 7.89. The van der Waals surface area contributed by atoms with Gasteiger partial charge in [-0.15, -0.1) is 11.3 Å². The lowest BCUT2D eigenvalue weighted by atomic mass is 10.3. The second-order valence-electron chi connectivity index (χ2n) is 3.08. The van der Waals surface area contributed by atoms with Gasteiger partial charge < -0.3 is 9.63 Å². The van der Waals surface area contributed by atoms with Crippen LogP contribution >= 0.6 is 11.3 Å². The van der Waals surface area contributed by atoms with E-state index in [1.807, 2.05) is 18.4 Å². The van der Waals surface area contributed by atoms with E-state index >= 15 is 0 Å². The van der Waals surface area contributed by atoms with Crippen LogP contribution in [0.4, 0.5) is 0 Å². The van der Waals surface area contributed by atoms with E-state index in [9.17, 15) is 5.11 Å². The number of aliphatic hydroxyl groups excluding tert-OH is 1. The predicted octanol–water partition coefficient (Wildman–Crippen LogP) is 2.16. The summed E-state index contributed by atoms with van der Waals surface area (Å²) in [5.41, 5.74) is 0.933. The molecule has 0 amide bonds. The minimum absolute atomic E-state index is 0.254. The van der Waals surface area contributed by atoms with Gasteiger partial charge in [0.05, 0.1) is 0 Å². The first-order valence-corrected chi connectivity index (χ1v) is 5.12. The van der Waals surface area contributed by atoms with Gasteiger partial charge in [-0.25, -0.2) is 0 Å². The Morgan fingerprint density at radius 2 is 2.36 bits per heavy atom. The molecule has 1 unspecified atom stereocenters. The van der Waals surface area contributed by atoms with Crippen molar-refractivity contribution in [2.24, 2.45) is 0 Å². The Balaban J connectivity index is 2.33. The van der Waals surface area contributed by atoms with Gasteiger partial charge in [-0.3, -0.25) is 0 Å². The van der Waals surface area contributed by atoms with E-state index in [0.717, 1.165) is 5.56 Å². The topological polar surface area (TPSA) is 59.2 Å². The molecule has 0 saturated heterocycles. The van der Waals surface area contributed by atoms with Crippen molar-refractivity contribution in [3.8, 4) is 11.4 Å². The van der Waals surface area contributed by atoms with Gasteiger partial charge in [0.25, 0.3) is 5.89 Å². The van der Waals surface area contributed by atoms with Gasteiger partial charge in [0, 0.05) is 15.8 Å². The number of rotatable bonds is 2. The number of thiophene rings is 1. The highest BCUT2D eigenvalue weighted by molar-refractivity contribution is 7.10. The van der Waals surface area contributed by atoms with Crippen molar-refractivity contribution >= 4 is 11.3 Å². The average Bonchev–Trinajstić information content (AvgIpc) is 2.70. The maximum atomic E-state index is 9.20. The van der Waals surface area contributed by atoms with Crippen LogP contribution in [0.3, 0.4) is 0 Å². The van der Waals surface area contributed by atoms with E-state index < -0.39 is 6.10 Å². The van der Waals surface area contributed by atoms with Crippen molar-refractivity contribution in [2.75, 3.05) is 0 Å². The molecule has 2 aromatic heterocycles. The zero-order valence-corrected chi connectivity index (χ0v) is 8.71. The highest BCUT2D eigenvalue weighted by Crippen LogP contribution is 2.23. The largest absolute Gasteiger partial charge is 0.384 e. The third-order valence-corrected chi connectivity index (χ3v) is 2.65. The molecular formula is C9H10N2O2S. The van der Waals surface area contributed by atoms with Crippen molar-refractivity contribution in [3.63, 3.8) is 0 Å². The molecule has 0 bridgehead atoms. The quantitative estimate of drug-likeness (QED) is 0.825. The van der Waals surface area contributed by atoms with Gasteiger partial charge in [-0.2, -0.15) is 4.98 Å². The van der Waals surface area contributed by atoms with Gasteiger partial charge >= 0.3 is 0 Å². The number of hydrogen-bond acceptors (Lipinski definition) is 5. The van der Waals surface area contributed by atoms with Gasteiger partial charge in [-0.1, -0.05) is 5.16 Å². The molecule has 2 rings (SSSR count). The lowest BCUT2D eigenvalue weighted by Gasteiger charge is -1.91. The van der Waals surface area contributed by atoms with Crippen LogP contribution in [0.2, 0.25) is 0 Å². The molecule has 0 saturated carbocycles. The number of aryl methyl sites for hydroxylation is 1. The second-order valence-corrected chi connectivity index (χ2v) is 4.19. The Bertz CT molecular complexity index is 433. The molecule has 74 valence electrons. The third kappa shape index (κ3) is 1.69. The van der Waals surface area contributed by atoms with Crippen LogP contribution in [0, 0.1) is 6.92 Å². The molecule has 0 aliphatic heterocycles.